The van der Waals surface area contributed by atoms with Crippen molar-refractivity contribution >= 4 is 28.0 Å². The molecule has 6 nitrogen and oxygen atoms in total. The molecule has 10 heteroatoms. The molecule has 1 amide bonds. The maximum atomic E-state index is 14.4. The van der Waals surface area contributed by atoms with Crippen LogP contribution in [0.3, 0.4) is 0 Å². The zero-order valence-electron chi connectivity index (χ0n) is 21.4. The van der Waals surface area contributed by atoms with Crippen molar-refractivity contribution in [3.63, 3.8) is 0 Å². The summed E-state index contributed by atoms with van der Waals surface area (Å²) in [7, 11) is 0. The van der Waals surface area contributed by atoms with Gasteiger partial charge >= 0.3 is 6.18 Å². The second-order valence-corrected chi connectivity index (χ2v) is 9.51. The van der Waals surface area contributed by atoms with Gasteiger partial charge in [-0.2, -0.15) is 22.7 Å². The summed E-state index contributed by atoms with van der Waals surface area (Å²) in [5.74, 6) is -0.470. The first-order chi connectivity index (χ1) is 19.2. The molecule has 2 aromatic carbocycles. The summed E-state index contributed by atoms with van der Waals surface area (Å²) in [6.07, 6.45) is -1.86. The van der Waals surface area contributed by atoms with Gasteiger partial charge < -0.3 is 9.64 Å². The van der Waals surface area contributed by atoms with Gasteiger partial charge in [0.05, 0.1) is 17.3 Å². The van der Waals surface area contributed by atoms with E-state index >= 15 is 0 Å². The van der Waals surface area contributed by atoms with E-state index in [0.29, 0.717) is 54.0 Å². The number of halogens is 4. The monoisotopic (exact) mass is 550 g/mol. The number of carbonyl (C=O) groups is 1. The van der Waals surface area contributed by atoms with Gasteiger partial charge in [-0.05, 0) is 46.5 Å². The van der Waals surface area contributed by atoms with E-state index in [-0.39, 0.29) is 28.5 Å². The lowest BCUT2D eigenvalue weighted by atomic mass is 9.88. The normalized spacial score (nSPS) is 15.2. The van der Waals surface area contributed by atoms with Crippen LogP contribution in [0.1, 0.15) is 36.0 Å². The first-order valence-electron chi connectivity index (χ1n) is 12.8. The zero-order chi connectivity index (χ0) is 28.3. The van der Waals surface area contributed by atoms with E-state index in [4.69, 9.17) is 4.74 Å². The number of hydrogen-bond donors (Lipinski definition) is 1. The maximum Gasteiger partial charge on any atom is 0.393 e. The fourth-order valence-corrected chi connectivity index (χ4v) is 4.92. The van der Waals surface area contributed by atoms with Crippen molar-refractivity contribution in [3.05, 3.63) is 102 Å². The Balaban J connectivity index is 1.53. The highest BCUT2D eigenvalue weighted by molar-refractivity contribution is 6.00. The molecular weight excluding hydrogens is 524 g/mol. The van der Waals surface area contributed by atoms with Gasteiger partial charge in [-0.1, -0.05) is 43.0 Å². The fraction of sp³-hybridized carbons (Fsp3) is 0.233. The van der Waals surface area contributed by atoms with Crippen molar-refractivity contribution in [1.29, 1.82) is 0 Å². The van der Waals surface area contributed by atoms with Crippen LogP contribution >= 0.6 is 0 Å². The highest BCUT2D eigenvalue weighted by atomic mass is 19.4. The molecule has 0 radical (unpaired) electrons. The SMILES string of the molecule is C=CC(=O)N1CCC(Oc2ccc(/C(=C(/CC(F)(F)F)c3ccccc3)c3ccc4n[nH]c(F)c4c3)cn2)CC1. The molecular formula is C30H26F4N4O2. The van der Waals surface area contributed by atoms with Gasteiger partial charge in [0.25, 0.3) is 0 Å². The molecule has 4 aromatic rings. The highest BCUT2D eigenvalue weighted by Crippen LogP contribution is 2.40. The lowest BCUT2D eigenvalue weighted by Gasteiger charge is -2.31. The minimum absolute atomic E-state index is 0.0334. The van der Waals surface area contributed by atoms with Gasteiger partial charge in [0, 0.05) is 43.8 Å². The van der Waals surface area contributed by atoms with E-state index in [1.807, 2.05) is 0 Å². The van der Waals surface area contributed by atoms with Crippen LogP contribution in [0.2, 0.25) is 0 Å². The summed E-state index contributed by atoms with van der Waals surface area (Å²) < 4.78 is 62.1. The van der Waals surface area contributed by atoms with Crippen LogP contribution in [-0.2, 0) is 4.79 Å². The Labute approximate surface area is 228 Å². The van der Waals surface area contributed by atoms with Crippen LogP contribution in [0.4, 0.5) is 17.6 Å². The van der Waals surface area contributed by atoms with E-state index in [1.54, 1.807) is 59.5 Å². The zero-order valence-corrected chi connectivity index (χ0v) is 21.4. The van der Waals surface area contributed by atoms with Crippen molar-refractivity contribution in [2.45, 2.75) is 31.5 Å². The van der Waals surface area contributed by atoms with Crippen molar-refractivity contribution in [2.24, 2.45) is 0 Å². The summed E-state index contributed by atoms with van der Waals surface area (Å²) in [6, 6.07) is 16.3. The van der Waals surface area contributed by atoms with Crippen molar-refractivity contribution in [1.82, 2.24) is 20.1 Å². The number of nitrogens with zero attached hydrogens (tertiary/aromatic N) is 3. The van der Waals surface area contributed by atoms with Crippen LogP contribution in [0.15, 0.2) is 79.5 Å². The predicted octanol–water partition coefficient (Wildman–Crippen LogP) is 6.56. The van der Waals surface area contributed by atoms with E-state index < -0.39 is 18.5 Å². The molecule has 1 N–H and O–H groups in total. The Bertz CT molecular complexity index is 1540. The first kappa shape index (κ1) is 27.1. The number of nitrogens with one attached hydrogen (secondary N) is 1. The summed E-state index contributed by atoms with van der Waals surface area (Å²) >= 11 is 0. The summed E-state index contributed by atoms with van der Waals surface area (Å²) in [4.78, 5) is 17.9. The number of hydrogen-bond acceptors (Lipinski definition) is 4. The Kier molecular flexibility index (Phi) is 7.68. The van der Waals surface area contributed by atoms with Crippen LogP contribution < -0.4 is 4.74 Å². The molecule has 1 aliphatic rings. The molecule has 2 aromatic heterocycles. The third-order valence-corrected chi connectivity index (χ3v) is 6.84. The van der Waals surface area contributed by atoms with Gasteiger partial charge in [0.15, 0.2) is 0 Å². The number of alkyl halides is 3. The summed E-state index contributed by atoms with van der Waals surface area (Å²) in [5, 5.41) is 6.33. The Hall–Kier alpha value is -4.47. The van der Waals surface area contributed by atoms with Crippen LogP contribution in [0, 0.1) is 5.95 Å². The molecule has 40 heavy (non-hydrogen) atoms. The predicted molar refractivity (Wildman–Crippen MR) is 144 cm³/mol. The van der Waals surface area contributed by atoms with E-state index in [1.165, 1.54) is 18.3 Å². The van der Waals surface area contributed by atoms with Crippen LogP contribution in [0.25, 0.3) is 22.0 Å². The summed E-state index contributed by atoms with van der Waals surface area (Å²) in [6.45, 7) is 4.58. The average molecular weight is 551 g/mol. The number of fused-ring (bicyclic) bond motifs is 1. The number of H-pyrrole nitrogens is 1. The minimum atomic E-state index is -4.50. The lowest BCUT2D eigenvalue weighted by molar-refractivity contribution is -0.127. The first-order valence-corrected chi connectivity index (χ1v) is 12.8. The second-order valence-electron chi connectivity index (χ2n) is 9.51. The van der Waals surface area contributed by atoms with E-state index in [0.717, 1.165) is 0 Å². The van der Waals surface area contributed by atoms with Crippen molar-refractivity contribution < 1.29 is 27.1 Å². The number of aromatic nitrogens is 3. The number of piperidine rings is 1. The van der Waals surface area contributed by atoms with E-state index in [2.05, 4.69) is 21.8 Å². The number of allylic oxidation sites excluding steroid dienone is 1. The molecule has 206 valence electrons. The third kappa shape index (κ3) is 6.06. The second kappa shape index (κ2) is 11.3. The molecule has 0 saturated carbocycles. The molecule has 1 fully saturated rings. The van der Waals surface area contributed by atoms with Crippen LogP contribution in [-0.4, -0.2) is 51.4 Å². The smallest absolute Gasteiger partial charge is 0.393 e. The number of rotatable bonds is 7. The molecule has 0 aliphatic carbocycles. The largest absolute Gasteiger partial charge is 0.474 e. The molecule has 0 spiro atoms. The fourth-order valence-electron chi connectivity index (χ4n) is 4.92. The van der Waals surface area contributed by atoms with Gasteiger partial charge in [-0.3, -0.25) is 9.89 Å². The van der Waals surface area contributed by atoms with Gasteiger partial charge in [0.2, 0.25) is 17.7 Å². The highest BCUT2D eigenvalue weighted by Gasteiger charge is 2.32. The third-order valence-electron chi connectivity index (χ3n) is 6.84. The molecule has 5 rings (SSSR count). The van der Waals surface area contributed by atoms with Gasteiger partial charge in [-0.25, -0.2) is 4.98 Å². The Morgan fingerprint density at radius 1 is 1.05 bits per heavy atom. The number of pyridine rings is 1. The average Bonchev–Trinajstić information content (AvgIpc) is 3.33. The molecule has 1 saturated heterocycles. The Morgan fingerprint density at radius 2 is 1.77 bits per heavy atom. The molecule has 3 heterocycles. The lowest BCUT2D eigenvalue weighted by Crippen LogP contribution is -2.41. The topological polar surface area (TPSA) is 71.1 Å². The standard InChI is InChI=1S/C30H26F4N4O2/c1-2-27(39)38-14-12-22(13-15-38)40-26-11-9-21(18-35-26)28(20-8-10-25-23(16-20)29(31)37-36-25)24(17-30(32,33)34)19-6-4-3-5-7-19/h2-11,16,18,22H,1,12-15,17H2,(H,36,37)/b28-24-. The maximum absolute atomic E-state index is 14.4. The number of amides is 1. The summed E-state index contributed by atoms with van der Waals surface area (Å²) in [5.41, 5.74) is 1.88. The molecule has 1 aliphatic heterocycles. The number of ether oxygens (including phenoxy) is 1. The number of benzene rings is 2. The van der Waals surface area contributed by atoms with Crippen molar-refractivity contribution in [2.75, 3.05) is 13.1 Å². The molecule has 0 atom stereocenters. The molecule has 0 bridgehead atoms. The van der Waals surface area contributed by atoms with Gasteiger partial charge in [-0.15, -0.1) is 0 Å². The van der Waals surface area contributed by atoms with Crippen LogP contribution in [0.5, 0.6) is 5.88 Å². The number of aromatic amines is 1. The quantitative estimate of drug-likeness (QED) is 0.161. The number of carbonyl (C=O) groups excluding carboxylic acids is 1. The Morgan fingerprint density at radius 3 is 2.42 bits per heavy atom. The van der Waals surface area contributed by atoms with Crippen molar-refractivity contribution in [3.8, 4) is 5.88 Å². The molecule has 0 unspecified atom stereocenters. The number of likely N-dealkylation sites (tertiary alicyclic amines) is 1. The van der Waals surface area contributed by atoms with Gasteiger partial charge in [0.1, 0.15) is 6.10 Å². The minimum Gasteiger partial charge on any atom is -0.474 e. The van der Waals surface area contributed by atoms with E-state index in [9.17, 15) is 22.4 Å².